The molecule has 7 nitrogen and oxygen atoms in total. The van der Waals surface area contributed by atoms with Crippen molar-refractivity contribution in [1.29, 1.82) is 0 Å². The highest BCUT2D eigenvalue weighted by Crippen LogP contribution is 2.30. The maximum absolute atomic E-state index is 12.4. The molecule has 1 aromatic heterocycles. The fraction of sp³-hybridized carbons (Fsp3) is 0.238. The molecule has 1 N–H and O–H groups in total. The molecule has 0 aliphatic heterocycles. The van der Waals surface area contributed by atoms with Crippen molar-refractivity contribution < 1.29 is 19.0 Å². The van der Waals surface area contributed by atoms with Crippen molar-refractivity contribution in [2.24, 2.45) is 7.05 Å². The van der Waals surface area contributed by atoms with Crippen LogP contribution in [0.15, 0.2) is 53.8 Å². The Balaban J connectivity index is 1.64. The first-order chi connectivity index (χ1) is 14.0. The molecule has 0 saturated carbocycles. The van der Waals surface area contributed by atoms with E-state index in [1.807, 2.05) is 35.9 Å². The van der Waals surface area contributed by atoms with Crippen molar-refractivity contribution in [3.63, 3.8) is 0 Å². The highest BCUT2D eigenvalue weighted by atomic mass is 32.2. The molecule has 1 heterocycles. The van der Waals surface area contributed by atoms with Gasteiger partial charge in [0.25, 0.3) is 0 Å². The summed E-state index contributed by atoms with van der Waals surface area (Å²) in [6.07, 6.45) is 1.80. The average Bonchev–Trinajstić information content (AvgIpc) is 3.12. The molecule has 0 bridgehead atoms. The minimum atomic E-state index is -0.146. The number of amides is 1. The highest BCUT2D eigenvalue weighted by molar-refractivity contribution is 7.99. The highest BCUT2D eigenvalue weighted by Gasteiger charge is 2.13. The summed E-state index contributed by atoms with van der Waals surface area (Å²) in [6, 6.07) is 13.0. The molecule has 8 heteroatoms. The molecule has 0 aliphatic rings. The number of nitrogens with one attached hydrogen (secondary N) is 1. The van der Waals surface area contributed by atoms with Crippen LogP contribution in [-0.2, 0) is 11.8 Å². The van der Waals surface area contributed by atoms with Gasteiger partial charge in [0.2, 0.25) is 5.91 Å². The lowest BCUT2D eigenvalue weighted by Gasteiger charge is -2.11. The number of anilines is 1. The third-order valence-electron chi connectivity index (χ3n) is 4.35. The van der Waals surface area contributed by atoms with Gasteiger partial charge in [-0.05, 0) is 36.4 Å². The summed E-state index contributed by atoms with van der Waals surface area (Å²) < 4.78 is 17.6. The van der Waals surface area contributed by atoms with Crippen LogP contribution in [0.4, 0.5) is 5.69 Å². The lowest BCUT2D eigenvalue weighted by molar-refractivity contribution is -0.113. The third-order valence-corrected chi connectivity index (χ3v) is 5.39. The van der Waals surface area contributed by atoms with E-state index in [-0.39, 0.29) is 11.7 Å². The van der Waals surface area contributed by atoms with Gasteiger partial charge in [-0.15, -0.1) is 0 Å². The number of benzene rings is 2. The Bertz CT molecular complexity index is 986. The van der Waals surface area contributed by atoms with Crippen molar-refractivity contribution in [3.8, 4) is 28.5 Å². The number of ether oxygens (including phenoxy) is 3. The average molecular weight is 413 g/mol. The maximum Gasteiger partial charge on any atom is 0.234 e. The summed E-state index contributed by atoms with van der Waals surface area (Å²) >= 11 is 1.37. The van der Waals surface area contributed by atoms with E-state index in [9.17, 15) is 4.79 Å². The molecule has 3 rings (SSSR count). The first kappa shape index (κ1) is 20.6. The fourth-order valence-corrected chi connectivity index (χ4v) is 3.53. The Kier molecular flexibility index (Phi) is 6.66. The van der Waals surface area contributed by atoms with Gasteiger partial charge in [-0.25, -0.2) is 4.98 Å². The van der Waals surface area contributed by atoms with Gasteiger partial charge in [0.15, 0.2) is 5.16 Å². The van der Waals surface area contributed by atoms with Crippen molar-refractivity contribution in [2.45, 2.75) is 5.16 Å². The Morgan fingerprint density at radius 3 is 2.38 bits per heavy atom. The van der Waals surface area contributed by atoms with Gasteiger partial charge < -0.3 is 24.1 Å². The van der Waals surface area contributed by atoms with Crippen LogP contribution in [0.3, 0.4) is 0 Å². The summed E-state index contributed by atoms with van der Waals surface area (Å²) in [5.41, 5.74) is 2.59. The van der Waals surface area contributed by atoms with E-state index in [0.29, 0.717) is 17.2 Å². The number of rotatable bonds is 8. The maximum atomic E-state index is 12.4. The first-order valence-electron chi connectivity index (χ1n) is 8.86. The van der Waals surface area contributed by atoms with E-state index >= 15 is 0 Å². The Morgan fingerprint density at radius 1 is 1.03 bits per heavy atom. The second kappa shape index (κ2) is 9.38. The molecule has 1 amide bonds. The monoisotopic (exact) mass is 413 g/mol. The molecule has 0 radical (unpaired) electrons. The smallest absolute Gasteiger partial charge is 0.234 e. The summed E-state index contributed by atoms with van der Waals surface area (Å²) in [6.45, 7) is 0. The lowest BCUT2D eigenvalue weighted by Crippen LogP contribution is -2.15. The normalized spacial score (nSPS) is 10.5. The molecule has 0 saturated heterocycles. The number of aromatic nitrogens is 2. The molecule has 0 fully saturated rings. The Hall–Kier alpha value is -3.13. The number of hydrogen-bond donors (Lipinski definition) is 1. The molecular formula is C21H23N3O4S. The molecule has 29 heavy (non-hydrogen) atoms. The number of methoxy groups -OCH3 is 3. The summed E-state index contributed by atoms with van der Waals surface area (Å²) in [5, 5.41) is 3.62. The molecule has 0 spiro atoms. The van der Waals surface area contributed by atoms with E-state index < -0.39 is 0 Å². The van der Waals surface area contributed by atoms with Crippen LogP contribution in [0.5, 0.6) is 17.2 Å². The van der Waals surface area contributed by atoms with Crippen LogP contribution in [0.1, 0.15) is 0 Å². The number of carbonyl (C=O) groups is 1. The number of thioether (sulfide) groups is 1. The van der Waals surface area contributed by atoms with Gasteiger partial charge in [-0.2, -0.15) is 0 Å². The second-order valence-corrected chi connectivity index (χ2v) is 7.06. The van der Waals surface area contributed by atoms with E-state index in [1.165, 1.54) is 11.8 Å². The van der Waals surface area contributed by atoms with Crippen molar-refractivity contribution in [3.05, 3.63) is 48.7 Å². The number of imidazole rings is 1. The number of carbonyl (C=O) groups excluding carboxylic acids is 1. The van der Waals surface area contributed by atoms with Gasteiger partial charge in [0.1, 0.15) is 17.2 Å². The van der Waals surface area contributed by atoms with Crippen LogP contribution >= 0.6 is 11.8 Å². The van der Waals surface area contributed by atoms with Gasteiger partial charge in [0.05, 0.1) is 44.7 Å². The van der Waals surface area contributed by atoms with Crippen molar-refractivity contribution in [2.75, 3.05) is 32.4 Å². The number of nitrogens with zero attached hydrogens (tertiary/aromatic N) is 2. The van der Waals surface area contributed by atoms with Crippen LogP contribution in [-0.4, -0.2) is 42.5 Å². The van der Waals surface area contributed by atoms with Gasteiger partial charge in [-0.1, -0.05) is 11.8 Å². The predicted molar refractivity (Wildman–Crippen MR) is 114 cm³/mol. The molecule has 0 atom stereocenters. The first-order valence-corrected chi connectivity index (χ1v) is 9.85. The molecule has 2 aromatic carbocycles. The van der Waals surface area contributed by atoms with Crippen LogP contribution in [0.25, 0.3) is 11.3 Å². The minimum absolute atomic E-state index is 0.146. The zero-order valence-electron chi connectivity index (χ0n) is 16.8. The summed E-state index contributed by atoms with van der Waals surface area (Å²) in [4.78, 5) is 16.8. The van der Waals surface area contributed by atoms with Crippen molar-refractivity contribution >= 4 is 23.4 Å². The number of hydrogen-bond acceptors (Lipinski definition) is 6. The molecule has 0 unspecified atom stereocenters. The van der Waals surface area contributed by atoms with E-state index in [2.05, 4.69) is 10.3 Å². The molecule has 3 aromatic rings. The lowest BCUT2D eigenvalue weighted by atomic mass is 10.1. The van der Waals surface area contributed by atoms with E-state index in [0.717, 1.165) is 22.2 Å². The quantitative estimate of drug-likeness (QED) is 0.566. The predicted octanol–water partition coefficient (Wildman–Crippen LogP) is 3.84. The van der Waals surface area contributed by atoms with Crippen LogP contribution < -0.4 is 19.5 Å². The van der Waals surface area contributed by atoms with Gasteiger partial charge in [0, 0.05) is 18.7 Å². The minimum Gasteiger partial charge on any atom is -0.497 e. The zero-order chi connectivity index (χ0) is 20.8. The Morgan fingerprint density at radius 2 is 1.72 bits per heavy atom. The second-order valence-electron chi connectivity index (χ2n) is 6.12. The molecular weight excluding hydrogens is 390 g/mol. The standard InChI is InChI=1S/C21H23N3O4S/c1-24-18(14-5-7-15(26-2)8-6-14)12-22-21(24)29-13-20(25)23-17-10-9-16(27-3)11-19(17)28-4/h5-12H,13H2,1-4H3,(H,23,25). The summed E-state index contributed by atoms with van der Waals surface area (Å²) in [5.74, 6) is 2.08. The molecule has 152 valence electrons. The van der Waals surface area contributed by atoms with E-state index in [4.69, 9.17) is 14.2 Å². The SMILES string of the molecule is COc1ccc(-c2cnc(SCC(=O)Nc3ccc(OC)cc3OC)n2C)cc1. The largest absolute Gasteiger partial charge is 0.497 e. The zero-order valence-corrected chi connectivity index (χ0v) is 17.6. The summed E-state index contributed by atoms with van der Waals surface area (Å²) in [7, 11) is 6.70. The van der Waals surface area contributed by atoms with Crippen LogP contribution in [0.2, 0.25) is 0 Å². The topological polar surface area (TPSA) is 74.6 Å². The van der Waals surface area contributed by atoms with Crippen molar-refractivity contribution in [1.82, 2.24) is 9.55 Å². The van der Waals surface area contributed by atoms with Gasteiger partial charge >= 0.3 is 0 Å². The Labute approximate surface area is 174 Å². The van der Waals surface area contributed by atoms with Crippen LogP contribution in [0, 0.1) is 0 Å². The third kappa shape index (κ3) is 4.83. The van der Waals surface area contributed by atoms with Gasteiger partial charge in [-0.3, -0.25) is 4.79 Å². The fourth-order valence-electron chi connectivity index (χ4n) is 2.77. The van der Waals surface area contributed by atoms with E-state index in [1.54, 1.807) is 45.7 Å². The molecule has 0 aliphatic carbocycles.